The van der Waals surface area contributed by atoms with E-state index in [0.717, 1.165) is 30.7 Å². The van der Waals surface area contributed by atoms with Crippen molar-refractivity contribution in [2.24, 2.45) is 23.2 Å². The zero-order valence-electron chi connectivity index (χ0n) is 19.0. The maximum atomic E-state index is 12.5. The summed E-state index contributed by atoms with van der Waals surface area (Å²) in [5.41, 5.74) is 1.66. The van der Waals surface area contributed by atoms with Crippen molar-refractivity contribution < 1.29 is 24.5 Å². The summed E-state index contributed by atoms with van der Waals surface area (Å²) < 4.78 is 4.73. The first kappa shape index (κ1) is 23.2. The summed E-state index contributed by atoms with van der Waals surface area (Å²) in [7, 11) is 1.36. The number of ketones is 1. The third kappa shape index (κ3) is 5.15. The molecule has 0 aliphatic heterocycles. The maximum Gasteiger partial charge on any atom is 0.337 e. The minimum atomic E-state index is -0.647. The number of benzene rings is 1. The van der Waals surface area contributed by atoms with Gasteiger partial charge in [0, 0.05) is 18.3 Å². The van der Waals surface area contributed by atoms with E-state index in [1.54, 1.807) is 12.1 Å². The highest BCUT2D eigenvalue weighted by molar-refractivity contribution is 5.89. The summed E-state index contributed by atoms with van der Waals surface area (Å²) in [5.74, 6) is 0.170. The minimum Gasteiger partial charge on any atom is -0.465 e. The molecule has 0 bridgehead atoms. The van der Waals surface area contributed by atoms with Crippen molar-refractivity contribution in [3.63, 3.8) is 0 Å². The van der Waals surface area contributed by atoms with Gasteiger partial charge in [0.05, 0.1) is 24.9 Å². The molecule has 3 aliphatic carbocycles. The van der Waals surface area contributed by atoms with Crippen molar-refractivity contribution in [3.05, 3.63) is 47.5 Å². The zero-order chi connectivity index (χ0) is 22.7. The number of ether oxygens (including phenoxy) is 1. The number of hydrogen-bond donors (Lipinski definition) is 2. The molecule has 3 aliphatic rings. The lowest BCUT2D eigenvalue weighted by molar-refractivity contribution is -0.121. The van der Waals surface area contributed by atoms with Crippen LogP contribution in [0, 0.1) is 23.2 Å². The Morgan fingerprint density at radius 2 is 1.97 bits per heavy atom. The number of carbonyl (C=O) groups excluding carboxylic acids is 2. The SMILES string of the molecule is COC(=O)c1ccc(CC[C@H]2C(=O)CC(O)[C@@H]2/C=C/CC(O)C2(CC3CC3)CCC2)cc1. The lowest BCUT2D eigenvalue weighted by atomic mass is 9.61. The van der Waals surface area contributed by atoms with Crippen molar-refractivity contribution in [2.45, 2.75) is 76.4 Å². The van der Waals surface area contributed by atoms with Crippen molar-refractivity contribution >= 4 is 11.8 Å². The van der Waals surface area contributed by atoms with Gasteiger partial charge in [0.1, 0.15) is 5.78 Å². The lowest BCUT2D eigenvalue weighted by Gasteiger charge is -2.46. The van der Waals surface area contributed by atoms with E-state index >= 15 is 0 Å². The molecule has 4 rings (SSSR count). The van der Waals surface area contributed by atoms with Crippen LogP contribution in [0.3, 0.4) is 0 Å². The monoisotopic (exact) mass is 440 g/mol. The summed E-state index contributed by atoms with van der Waals surface area (Å²) >= 11 is 0. The van der Waals surface area contributed by atoms with E-state index in [9.17, 15) is 19.8 Å². The Bertz CT molecular complexity index is 834. The fraction of sp³-hybridized carbons (Fsp3) is 0.630. The molecule has 0 heterocycles. The molecule has 0 saturated heterocycles. The largest absolute Gasteiger partial charge is 0.465 e. The molecule has 3 fully saturated rings. The first-order chi connectivity index (χ1) is 15.4. The Labute approximate surface area is 190 Å². The second-order valence-electron chi connectivity index (χ2n) is 10.2. The van der Waals surface area contributed by atoms with Crippen molar-refractivity contribution in [1.82, 2.24) is 0 Å². The molecule has 2 unspecified atom stereocenters. The van der Waals surface area contributed by atoms with Crippen LogP contribution < -0.4 is 0 Å². The van der Waals surface area contributed by atoms with E-state index in [-0.39, 0.29) is 41.5 Å². The minimum absolute atomic E-state index is 0.103. The number of aliphatic hydroxyl groups excluding tert-OH is 2. The average Bonchev–Trinajstić information content (AvgIpc) is 3.54. The second-order valence-corrected chi connectivity index (χ2v) is 10.2. The van der Waals surface area contributed by atoms with Crippen LogP contribution in [0.1, 0.15) is 73.7 Å². The van der Waals surface area contributed by atoms with E-state index in [2.05, 4.69) is 0 Å². The van der Waals surface area contributed by atoms with E-state index in [0.29, 0.717) is 24.8 Å². The summed E-state index contributed by atoms with van der Waals surface area (Å²) in [5, 5.41) is 21.3. The van der Waals surface area contributed by atoms with E-state index in [4.69, 9.17) is 4.74 Å². The predicted octanol–water partition coefficient (Wildman–Crippen LogP) is 4.25. The van der Waals surface area contributed by atoms with Gasteiger partial charge in [0.2, 0.25) is 0 Å². The predicted molar refractivity (Wildman–Crippen MR) is 122 cm³/mol. The molecule has 1 aromatic rings. The quantitative estimate of drug-likeness (QED) is 0.420. The Morgan fingerprint density at radius 3 is 2.56 bits per heavy atom. The van der Waals surface area contributed by atoms with Crippen molar-refractivity contribution in [3.8, 4) is 0 Å². The molecule has 0 amide bonds. The average molecular weight is 441 g/mol. The summed E-state index contributed by atoms with van der Waals surface area (Å²) in [6, 6.07) is 7.26. The number of Topliss-reactive ketones (excluding diaryl/α,β-unsaturated/α-hetero) is 1. The Kier molecular flexibility index (Phi) is 7.16. The number of esters is 1. The van der Waals surface area contributed by atoms with Crippen LogP contribution in [0.2, 0.25) is 0 Å². The normalized spacial score (nSPS) is 28.0. The third-order valence-corrected chi connectivity index (χ3v) is 8.02. The van der Waals surface area contributed by atoms with Gasteiger partial charge in [-0.1, -0.05) is 43.5 Å². The molecule has 174 valence electrons. The molecule has 5 heteroatoms. The second kappa shape index (κ2) is 9.88. The highest BCUT2D eigenvalue weighted by atomic mass is 16.5. The molecule has 2 N–H and O–H groups in total. The van der Waals surface area contributed by atoms with Crippen LogP contribution in [0.15, 0.2) is 36.4 Å². The van der Waals surface area contributed by atoms with Gasteiger partial charge in [-0.25, -0.2) is 4.79 Å². The molecular formula is C27H36O5. The van der Waals surface area contributed by atoms with Crippen molar-refractivity contribution in [2.75, 3.05) is 7.11 Å². The van der Waals surface area contributed by atoms with Crippen molar-refractivity contribution in [1.29, 1.82) is 0 Å². The molecule has 0 radical (unpaired) electrons. The van der Waals surface area contributed by atoms with Gasteiger partial charge < -0.3 is 14.9 Å². The van der Waals surface area contributed by atoms with Crippen LogP contribution >= 0.6 is 0 Å². The van der Waals surface area contributed by atoms with Crippen LogP contribution in [0.5, 0.6) is 0 Å². The fourth-order valence-electron chi connectivity index (χ4n) is 5.66. The molecule has 5 nitrogen and oxygen atoms in total. The zero-order valence-corrected chi connectivity index (χ0v) is 19.0. The highest BCUT2D eigenvalue weighted by Crippen LogP contribution is 2.53. The molecule has 32 heavy (non-hydrogen) atoms. The standard InChI is InChI=1S/C27H36O5/c1-32-26(31)20-11-8-18(9-12-20)10-13-22-21(23(28)16-24(22)29)4-2-5-25(30)27(14-3-15-27)17-19-6-7-19/h2,4,8-9,11-12,19,21-23,25,28,30H,3,5-7,10,13-17H2,1H3/b4-2+/t21-,22-,23?,25?/m1/s1. The topological polar surface area (TPSA) is 83.8 Å². The molecular weight excluding hydrogens is 404 g/mol. The van der Waals surface area contributed by atoms with Gasteiger partial charge in [-0.05, 0) is 67.6 Å². The van der Waals surface area contributed by atoms with Crippen LogP contribution in [0.25, 0.3) is 0 Å². The summed E-state index contributed by atoms with van der Waals surface area (Å²) in [4.78, 5) is 24.1. The van der Waals surface area contributed by atoms with E-state index in [1.807, 2.05) is 24.3 Å². The smallest absolute Gasteiger partial charge is 0.337 e. The number of methoxy groups -OCH3 is 1. The van der Waals surface area contributed by atoms with Gasteiger partial charge in [0.25, 0.3) is 0 Å². The van der Waals surface area contributed by atoms with Gasteiger partial charge in [0.15, 0.2) is 0 Å². The first-order valence-corrected chi connectivity index (χ1v) is 12.1. The van der Waals surface area contributed by atoms with Gasteiger partial charge in [-0.3, -0.25) is 4.79 Å². The lowest BCUT2D eigenvalue weighted by Crippen LogP contribution is -2.41. The third-order valence-electron chi connectivity index (χ3n) is 8.02. The number of hydrogen-bond acceptors (Lipinski definition) is 5. The Morgan fingerprint density at radius 1 is 1.25 bits per heavy atom. The van der Waals surface area contributed by atoms with E-state index in [1.165, 1.54) is 26.4 Å². The number of aryl methyl sites for hydroxylation is 1. The van der Waals surface area contributed by atoms with Gasteiger partial charge in [-0.2, -0.15) is 0 Å². The Balaban J connectivity index is 1.32. The fourth-order valence-corrected chi connectivity index (χ4v) is 5.66. The number of carbonyl (C=O) groups is 2. The highest BCUT2D eigenvalue weighted by Gasteiger charge is 2.46. The van der Waals surface area contributed by atoms with Crippen LogP contribution in [-0.2, 0) is 16.0 Å². The summed E-state index contributed by atoms with van der Waals surface area (Å²) in [6.07, 6.45) is 12.4. The molecule has 0 aromatic heterocycles. The number of aliphatic hydroxyl groups is 2. The summed E-state index contributed by atoms with van der Waals surface area (Å²) in [6.45, 7) is 0. The van der Waals surface area contributed by atoms with Gasteiger partial charge in [-0.15, -0.1) is 0 Å². The molecule has 0 spiro atoms. The Hall–Kier alpha value is -1.98. The van der Waals surface area contributed by atoms with Crippen LogP contribution in [-0.4, -0.2) is 41.3 Å². The molecule has 1 aromatic carbocycles. The van der Waals surface area contributed by atoms with Crippen LogP contribution in [0.4, 0.5) is 0 Å². The number of rotatable bonds is 10. The molecule has 4 atom stereocenters. The maximum absolute atomic E-state index is 12.5. The first-order valence-electron chi connectivity index (χ1n) is 12.1. The molecule has 3 saturated carbocycles. The van der Waals surface area contributed by atoms with E-state index < -0.39 is 6.10 Å². The van der Waals surface area contributed by atoms with Gasteiger partial charge >= 0.3 is 5.97 Å².